The maximum atomic E-state index is 12.9. The van der Waals surface area contributed by atoms with E-state index in [4.69, 9.17) is 5.73 Å². The molecule has 0 saturated carbocycles. The van der Waals surface area contributed by atoms with E-state index in [1.807, 2.05) is 30.3 Å². The first-order valence-electron chi connectivity index (χ1n) is 8.36. The minimum Gasteiger partial charge on any atom is -0.368 e. The Morgan fingerprint density at radius 2 is 2.04 bits per heavy atom. The molecule has 4 rings (SSSR count). The zero-order chi connectivity index (χ0) is 17.4. The summed E-state index contributed by atoms with van der Waals surface area (Å²) in [5, 5.41) is 0. The van der Waals surface area contributed by atoms with Gasteiger partial charge >= 0.3 is 0 Å². The van der Waals surface area contributed by atoms with Crippen LogP contribution in [0.2, 0.25) is 0 Å². The van der Waals surface area contributed by atoms with Crippen LogP contribution in [0, 0.1) is 5.92 Å². The van der Waals surface area contributed by atoms with E-state index in [9.17, 15) is 9.59 Å². The fraction of sp³-hybridized carbons (Fsp3) is 0.333. The minimum atomic E-state index is -0.312. The number of hydrogen-bond acceptors (Lipinski definition) is 5. The molecule has 0 spiro atoms. The van der Waals surface area contributed by atoms with Crippen LogP contribution in [0.15, 0.2) is 36.5 Å². The molecule has 0 bridgehead atoms. The molecule has 2 aliphatic heterocycles. The molecule has 1 atom stereocenters. The monoisotopic (exact) mass is 337 g/mol. The zero-order valence-electron chi connectivity index (χ0n) is 13.8. The molecule has 25 heavy (non-hydrogen) atoms. The highest BCUT2D eigenvalue weighted by molar-refractivity contribution is 6.00. The molecular formula is C18H19N5O2. The van der Waals surface area contributed by atoms with E-state index in [2.05, 4.69) is 9.97 Å². The van der Waals surface area contributed by atoms with Gasteiger partial charge in [0.15, 0.2) is 0 Å². The highest BCUT2D eigenvalue weighted by Crippen LogP contribution is 2.27. The molecule has 1 fully saturated rings. The van der Waals surface area contributed by atoms with Crippen molar-refractivity contribution in [1.29, 1.82) is 0 Å². The molecule has 7 nitrogen and oxygen atoms in total. The molecule has 3 heterocycles. The van der Waals surface area contributed by atoms with Crippen LogP contribution < -0.4 is 10.6 Å². The van der Waals surface area contributed by atoms with Crippen molar-refractivity contribution in [3.63, 3.8) is 0 Å². The van der Waals surface area contributed by atoms with Crippen molar-refractivity contribution in [2.75, 3.05) is 23.7 Å². The predicted octanol–water partition coefficient (Wildman–Crippen LogP) is 0.997. The summed E-state index contributed by atoms with van der Waals surface area (Å²) < 4.78 is 0. The number of hydrogen-bond donors (Lipinski definition) is 1. The molecule has 128 valence electrons. The summed E-state index contributed by atoms with van der Waals surface area (Å²) in [4.78, 5) is 36.9. The molecule has 2 amide bonds. The van der Waals surface area contributed by atoms with Crippen LogP contribution in [0.5, 0.6) is 0 Å². The quantitative estimate of drug-likeness (QED) is 0.882. The lowest BCUT2D eigenvalue weighted by molar-refractivity contribution is -0.136. The van der Waals surface area contributed by atoms with Crippen LogP contribution in [0.4, 0.5) is 11.6 Å². The van der Waals surface area contributed by atoms with E-state index < -0.39 is 0 Å². The molecule has 1 aromatic carbocycles. The number of nitrogen functional groups attached to an aromatic ring is 1. The fourth-order valence-electron chi connectivity index (χ4n) is 3.50. The van der Waals surface area contributed by atoms with E-state index in [1.165, 1.54) is 0 Å². The first-order chi connectivity index (χ1) is 12.1. The van der Waals surface area contributed by atoms with Crippen molar-refractivity contribution in [2.24, 2.45) is 5.92 Å². The number of amides is 2. The average molecular weight is 337 g/mol. The van der Waals surface area contributed by atoms with Gasteiger partial charge in [0.25, 0.3) is 0 Å². The lowest BCUT2D eigenvalue weighted by Crippen LogP contribution is -2.41. The number of nitrogens with two attached hydrogens (primary N) is 1. The van der Waals surface area contributed by atoms with Crippen LogP contribution >= 0.6 is 0 Å². The Hall–Kier alpha value is -2.96. The lowest BCUT2D eigenvalue weighted by atomic mass is 10.0. The van der Waals surface area contributed by atoms with E-state index in [-0.39, 0.29) is 30.1 Å². The van der Waals surface area contributed by atoms with Gasteiger partial charge in [0.05, 0.1) is 18.2 Å². The first kappa shape index (κ1) is 15.6. The third-order valence-corrected chi connectivity index (χ3v) is 4.82. The van der Waals surface area contributed by atoms with Gasteiger partial charge in [-0.3, -0.25) is 9.59 Å². The Morgan fingerprint density at radius 1 is 1.24 bits per heavy atom. The van der Waals surface area contributed by atoms with Gasteiger partial charge < -0.3 is 15.5 Å². The van der Waals surface area contributed by atoms with Gasteiger partial charge in [-0.15, -0.1) is 0 Å². The highest BCUT2D eigenvalue weighted by atomic mass is 16.2. The molecule has 1 unspecified atom stereocenters. The molecule has 1 saturated heterocycles. The summed E-state index contributed by atoms with van der Waals surface area (Å²) in [5.41, 5.74) is 8.33. The second kappa shape index (κ2) is 6.16. The van der Waals surface area contributed by atoms with Crippen molar-refractivity contribution < 1.29 is 9.59 Å². The third kappa shape index (κ3) is 2.93. The summed E-state index contributed by atoms with van der Waals surface area (Å²) in [6.45, 7) is 1.48. The smallest absolute Gasteiger partial charge is 0.228 e. The van der Waals surface area contributed by atoms with E-state index in [0.717, 1.165) is 16.9 Å². The van der Waals surface area contributed by atoms with E-state index in [0.29, 0.717) is 26.1 Å². The van der Waals surface area contributed by atoms with Crippen LogP contribution in [0.1, 0.15) is 17.7 Å². The van der Waals surface area contributed by atoms with Crippen LogP contribution in [-0.2, 0) is 22.6 Å². The Labute approximate surface area is 145 Å². The van der Waals surface area contributed by atoms with Gasteiger partial charge in [-0.05, 0) is 24.1 Å². The number of fused-ring (bicyclic) bond motifs is 1. The van der Waals surface area contributed by atoms with Gasteiger partial charge in [0.1, 0.15) is 0 Å². The van der Waals surface area contributed by atoms with E-state index >= 15 is 0 Å². The van der Waals surface area contributed by atoms with Gasteiger partial charge in [-0.25, -0.2) is 9.97 Å². The zero-order valence-corrected chi connectivity index (χ0v) is 13.8. The molecule has 0 aliphatic carbocycles. The maximum Gasteiger partial charge on any atom is 0.228 e. The largest absolute Gasteiger partial charge is 0.368 e. The lowest BCUT2D eigenvalue weighted by Gasteiger charge is -2.30. The standard InChI is InChI=1S/C18H19N5O2/c19-18-20-9-12-6-7-22(11-15(12)21-18)17(25)13-8-16(24)23(10-13)14-4-2-1-3-5-14/h1-5,9,13H,6-8,10-11H2,(H2,19,20,21). The second-order valence-electron chi connectivity index (χ2n) is 6.45. The second-order valence-corrected chi connectivity index (χ2v) is 6.45. The summed E-state index contributed by atoms with van der Waals surface area (Å²) in [6, 6.07) is 9.47. The number of nitrogens with zero attached hydrogens (tertiary/aromatic N) is 4. The molecule has 2 aliphatic rings. The minimum absolute atomic E-state index is 0.00599. The number of para-hydroxylation sites is 1. The fourth-order valence-corrected chi connectivity index (χ4v) is 3.50. The van der Waals surface area contributed by atoms with Crippen LogP contribution in [-0.4, -0.2) is 39.8 Å². The Morgan fingerprint density at radius 3 is 2.84 bits per heavy atom. The molecule has 7 heteroatoms. The van der Waals surface area contributed by atoms with Crippen molar-refractivity contribution in [2.45, 2.75) is 19.4 Å². The topological polar surface area (TPSA) is 92.4 Å². The van der Waals surface area contributed by atoms with Crippen molar-refractivity contribution in [1.82, 2.24) is 14.9 Å². The molecular weight excluding hydrogens is 318 g/mol. The Balaban J connectivity index is 1.48. The summed E-state index contributed by atoms with van der Waals surface area (Å²) in [7, 11) is 0. The van der Waals surface area contributed by atoms with Gasteiger partial charge in [0, 0.05) is 31.4 Å². The first-order valence-corrected chi connectivity index (χ1v) is 8.36. The number of anilines is 2. The number of carbonyl (C=O) groups excluding carboxylic acids is 2. The third-order valence-electron chi connectivity index (χ3n) is 4.82. The predicted molar refractivity (Wildman–Crippen MR) is 92.5 cm³/mol. The summed E-state index contributed by atoms with van der Waals surface area (Å²) in [6.07, 6.45) is 2.70. The SMILES string of the molecule is Nc1ncc2c(n1)CN(C(=O)C1CC(=O)N(c3ccccc3)C1)CC2. The van der Waals surface area contributed by atoms with Gasteiger partial charge in [-0.1, -0.05) is 18.2 Å². The van der Waals surface area contributed by atoms with Gasteiger partial charge in [-0.2, -0.15) is 0 Å². The van der Waals surface area contributed by atoms with Crippen LogP contribution in [0.25, 0.3) is 0 Å². The molecule has 2 aromatic rings. The summed E-state index contributed by atoms with van der Waals surface area (Å²) >= 11 is 0. The highest BCUT2D eigenvalue weighted by Gasteiger charge is 2.38. The number of carbonyl (C=O) groups is 2. The van der Waals surface area contributed by atoms with E-state index in [1.54, 1.807) is 16.0 Å². The van der Waals surface area contributed by atoms with Crippen molar-refractivity contribution >= 4 is 23.5 Å². The number of aromatic nitrogens is 2. The number of benzene rings is 1. The molecule has 2 N–H and O–H groups in total. The van der Waals surface area contributed by atoms with Gasteiger partial charge in [0.2, 0.25) is 17.8 Å². The number of rotatable bonds is 2. The van der Waals surface area contributed by atoms with Crippen molar-refractivity contribution in [3.8, 4) is 0 Å². The molecule has 0 radical (unpaired) electrons. The summed E-state index contributed by atoms with van der Waals surface area (Å²) in [5.74, 6) is -0.0871. The van der Waals surface area contributed by atoms with Crippen molar-refractivity contribution in [3.05, 3.63) is 47.8 Å². The Bertz CT molecular complexity index is 823. The molecule has 1 aromatic heterocycles. The maximum absolute atomic E-state index is 12.9. The van der Waals surface area contributed by atoms with Crippen LogP contribution in [0.3, 0.4) is 0 Å². The Kier molecular flexibility index (Phi) is 3.83. The normalized spacial score (nSPS) is 19.8. The average Bonchev–Trinajstić information content (AvgIpc) is 3.03.